The number of amides is 2. The SMILES string of the molecule is COc1cc(NC(=O)N2CCc3nc(-c4ccc(C)cc4)sc3C2)cc(OC)c1. The second-order valence-corrected chi connectivity index (χ2v) is 8.04. The Morgan fingerprint density at radius 2 is 1.79 bits per heavy atom. The fourth-order valence-corrected chi connectivity index (χ4v) is 4.40. The molecule has 0 fully saturated rings. The lowest BCUT2D eigenvalue weighted by Crippen LogP contribution is -2.38. The van der Waals surface area contributed by atoms with Gasteiger partial charge in [-0.25, -0.2) is 9.78 Å². The first-order valence-corrected chi connectivity index (χ1v) is 10.2. The number of carbonyl (C=O) groups excluding carboxylic acids is 1. The molecule has 2 heterocycles. The van der Waals surface area contributed by atoms with Crippen molar-refractivity contribution in [1.82, 2.24) is 9.88 Å². The van der Waals surface area contributed by atoms with Crippen molar-refractivity contribution in [2.45, 2.75) is 19.9 Å². The van der Waals surface area contributed by atoms with E-state index in [-0.39, 0.29) is 6.03 Å². The number of hydrogen-bond donors (Lipinski definition) is 1. The van der Waals surface area contributed by atoms with Crippen LogP contribution >= 0.6 is 11.3 Å². The molecular weight excluding hydrogens is 386 g/mol. The molecule has 0 atom stereocenters. The van der Waals surface area contributed by atoms with Crippen molar-refractivity contribution in [2.24, 2.45) is 0 Å². The Labute approximate surface area is 174 Å². The van der Waals surface area contributed by atoms with Crippen LogP contribution < -0.4 is 14.8 Å². The van der Waals surface area contributed by atoms with Crippen LogP contribution in [0.5, 0.6) is 11.5 Å². The summed E-state index contributed by atoms with van der Waals surface area (Å²) in [6.07, 6.45) is 0.756. The van der Waals surface area contributed by atoms with E-state index >= 15 is 0 Å². The molecule has 29 heavy (non-hydrogen) atoms. The Kier molecular flexibility index (Phi) is 5.40. The van der Waals surface area contributed by atoms with Gasteiger partial charge in [-0.3, -0.25) is 0 Å². The number of hydrogen-bond acceptors (Lipinski definition) is 5. The minimum Gasteiger partial charge on any atom is -0.497 e. The van der Waals surface area contributed by atoms with Crippen molar-refractivity contribution < 1.29 is 14.3 Å². The molecule has 1 N–H and O–H groups in total. The minimum absolute atomic E-state index is 0.142. The molecule has 2 aromatic carbocycles. The zero-order valence-corrected chi connectivity index (χ0v) is 17.5. The topological polar surface area (TPSA) is 63.7 Å². The number of ether oxygens (including phenoxy) is 2. The van der Waals surface area contributed by atoms with Gasteiger partial charge in [0.05, 0.1) is 26.5 Å². The van der Waals surface area contributed by atoms with Gasteiger partial charge in [-0.15, -0.1) is 11.3 Å². The fraction of sp³-hybridized carbons (Fsp3) is 0.273. The molecule has 0 unspecified atom stereocenters. The highest BCUT2D eigenvalue weighted by Crippen LogP contribution is 2.32. The zero-order chi connectivity index (χ0) is 20.4. The van der Waals surface area contributed by atoms with E-state index in [1.54, 1.807) is 43.8 Å². The number of nitrogens with zero attached hydrogens (tertiary/aromatic N) is 2. The average molecular weight is 410 g/mol. The highest BCUT2D eigenvalue weighted by molar-refractivity contribution is 7.15. The van der Waals surface area contributed by atoms with Gasteiger partial charge in [0.1, 0.15) is 16.5 Å². The molecule has 0 saturated carbocycles. The Morgan fingerprint density at radius 1 is 1.10 bits per heavy atom. The number of fused-ring (bicyclic) bond motifs is 1. The standard InChI is InChI=1S/C22H23N3O3S/c1-14-4-6-15(7-5-14)21-24-19-8-9-25(13-20(19)29-21)22(26)23-16-10-17(27-2)12-18(11-16)28-3/h4-7,10-12H,8-9,13H2,1-3H3,(H,23,26). The lowest BCUT2D eigenvalue weighted by atomic mass is 10.1. The molecule has 0 spiro atoms. The molecule has 0 aliphatic carbocycles. The molecule has 1 aliphatic rings. The minimum atomic E-state index is -0.142. The van der Waals surface area contributed by atoms with Crippen LogP contribution in [0.1, 0.15) is 16.1 Å². The van der Waals surface area contributed by atoms with Crippen molar-refractivity contribution in [2.75, 3.05) is 26.1 Å². The number of urea groups is 1. The molecule has 0 radical (unpaired) electrons. The van der Waals surface area contributed by atoms with Crippen molar-refractivity contribution in [3.63, 3.8) is 0 Å². The Hall–Kier alpha value is -3.06. The summed E-state index contributed by atoms with van der Waals surface area (Å²) in [5, 5.41) is 3.96. The van der Waals surface area contributed by atoms with Crippen LogP contribution in [0.4, 0.5) is 10.5 Å². The number of benzene rings is 2. The van der Waals surface area contributed by atoms with E-state index in [1.807, 2.05) is 4.90 Å². The van der Waals surface area contributed by atoms with Gasteiger partial charge in [-0.05, 0) is 6.92 Å². The smallest absolute Gasteiger partial charge is 0.322 e. The van der Waals surface area contributed by atoms with Gasteiger partial charge in [0.25, 0.3) is 0 Å². The van der Waals surface area contributed by atoms with Crippen LogP contribution in [0.2, 0.25) is 0 Å². The van der Waals surface area contributed by atoms with E-state index in [2.05, 4.69) is 36.5 Å². The summed E-state index contributed by atoms with van der Waals surface area (Å²) >= 11 is 1.66. The van der Waals surface area contributed by atoms with E-state index in [1.165, 1.54) is 5.56 Å². The normalized spacial score (nSPS) is 13.0. The maximum absolute atomic E-state index is 12.8. The third-order valence-electron chi connectivity index (χ3n) is 4.92. The number of anilines is 1. The van der Waals surface area contributed by atoms with Crippen LogP contribution in [0.25, 0.3) is 10.6 Å². The van der Waals surface area contributed by atoms with Crippen molar-refractivity contribution in [1.29, 1.82) is 0 Å². The molecule has 0 saturated heterocycles. The molecule has 3 aromatic rings. The van der Waals surface area contributed by atoms with Gasteiger partial charge in [-0.2, -0.15) is 0 Å². The third-order valence-corrected chi connectivity index (χ3v) is 6.05. The summed E-state index contributed by atoms with van der Waals surface area (Å²) in [6.45, 7) is 3.27. The molecule has 1 aromatic heterocycles. The average Bonchev–Trinajstić information content (AvgIpc) is 3.17. The molecule has 2 amide bonds. The van der Waals surface area contributed by atoms with Gasteiger partial charge in [0.2, 0.25) is 0 Å². The number of methoxy groups -OCH3 is 2. The summed E-state index contributed by atoms with van der Waals surface area (Å²) in [7, 11) is 3.17. The summed E-state index contributed by atoms with van der Waals surface area (Å²) in [6, 6.07) is 13.6. The maximum Gasteiger partial charge on any atom is 0.322 e. The van der Waals surface area contributed by atoms with Crippen LogP contribution in [0.3, 0.4) is 0 Å². The largest absolute Gasteiger partial charge is 0.497 e. The van der Waals surface area contributed by atoms with Crippen molar-refractivity contribution >= 4 is 23.1 Å². The van der Waals surface area contributed by atoms with E-state index in [4.69, 9.17) is 14.5 Å². The predicted octanol–water partition coefficient (Wildman–Crippen LogP) is 4.73. The first kappa shape index (κ1) is 19.3. The highest BCUT2D eigenvalue weighted by atomic mass is 32.1. The van der Waals surface area contributed by atoms with E-state index in [9.17, 15) is 4.79 Å². The van der Waals surface area contributed by atoms with Gasteiger partial charge >= 0.3 is 6.03 Å². The van der Waals surface area contributed by atoms with Crippen LogP contribution in [-0.2, 0) is 13.0 Å². The van der Waals surface area contributed by atoms with Crippen LogP contribution in [0, 0.1) is 6.92 Å². The van der Waals surface area contributed by atoms with Crippen LogP contribution in [0.15, 0.2) is 42.5 Å². The molecule has 7 heteroatoms. The molecule has 1 aliphatic heterocycles. The second kappa shape index (κ2) is 8.13. The second-order valence-electron chi connectivity index (χ2n) is 6.96. The van der Waals surface area contributed by atoms with Crippen molar-refractivity contribution in [3.05, 3.63) is 58.6 Å². The number of carbonyl (C=O) groups is 1. The number of aromatic nitrogens is 1. The van der Waals surface area contributed by atoms with Gasteiger partial charge < -0.3 is 19.7 Å². The Bertz CT molecular complexity index is 1010. The lowest BCUT2D eigenvalue weighted by molar-refractivity contribution is 0.207. The summed E-state index contributed by atoms with van der Waals surface area (Å²) in [5.41, 5.74) is 4.08. The van der Waals surface area contributed by atoms with Gasteiger partial charge in [-0.1, -0.05) is 29.8 Å². The van der Waals surface area contributed by atoms with Gasteiger partial charge in [0, 0.05) is 47.3 Å². The molecular formula is C22H23N3O3S. The monoisotopic (exact) mass is 409 g/mol. The summed E-state index contributed by atoms with van der Waals surface area (Å²) < 4.78 is 10.5. The quantitative estimate of drug-likeness (QED) is 0.677. The van der Waals surface area contributed by atoms with Crippen LogP contribution in [-0.4, -0.2) is 36.7 Å². The first-order chi connectivity index (χ1) is 14.1. The first-order valence-electron chi connectivity index (χ1n) is 9.40. The van der Waals surface area contributed by atoms with E-state index in [0.717, 1.165) is 27.6 Å². The maximum atomic E-state index is 12.8. The molecule has 6 nitrogen and oxygen atoms in total. The fourth-order valence-electron chi connectivity index (χ4n) is 3.27. The van der Waals surface area contributed by atoms with E-state index < -0.39 is 0 Å². The lowest BCUT2D eigenvalue weighted by Gasteiger charge is -2.26. The number of rotatable bonds is 4. The zero-order valence-electron chi connectivity index (χ0n) is 16.7. The Morgan fingerprint density at radius 3 is 2.45 bits per heavy atom. The highest BCUT2D eigenvalue weighted by Gasteiger charge is 2.24. The number of nitrogens with one attached hydrogen (secondary N) is 1. The van der Waals surface area contributed by atoms with Gasteiger partial charge in [0.15, 0.2) is 0 Å². The van der Waals surface area contributed by atoms with E-state index in [0.29, 0.717) is 30.3 Å². The molecule has 4 rings (SSSR count). The summed E-state index contributed by atoms with van der Waals surface area (Å²) in [5.74, 6) is 1.26. The summed E-state index contributed by atoms with van der Waals surface area (Å²) in [4.78, 5) is 20.6. The predicted molar refractivity (Wildman–Crippen MR) is 115 cm³/mol. The van der Waals surface area contributed by atoms with Crippen molar-refractivity contribution in [3.8, 4) is 22.1 Å². The molecule has 0 bridgehead atoms. The third kappa shape index (κ3) is 4.19. The Balaban J connectivity index is 1.48. The molecule has 150 valence electrons. The number of aryl methyl sites for hydroxylation is 1. The number of thiazole rings is 1.